The Balaban J connectivity index is 3.35. The Kier molecular flexibility index (Phi) is 8.73. The Bertz CT molecular complexity index is 654. The third-order valence-corrected chi connectivity index (χ3v) is 7.45. The predicted molar refractivity (Wildman–Crippen MR) is 121 cm³/mol. The lowest BCUT2D eigenvalue weighted by molar-refractivity contribution is -0.00113. The lowest BCUT2D eigenvalue weighted by Gasteiger charge is -2.35. The van der Waals surface area contributed by atoms with E-state index in [2.05, 4.69) is 20.8 Å². The van der Waals surface area contributed by atoms with Crippen molar-refractivity contribution in [3.05, 3.63) is 29.3 Å². The van der Waals surface area contributed by atoms with Gasteiger partial charge in [-0.3, -0.25) is 4.52 Å². The van der Waals surface area contributed by atoms with Gasteiger partial charge in [-0.05, 0) is 35.3 Å². The Morgan fingerprint density at radius 2 is 1.59 bits per heavy atom. The molecule has 0 saturated carbocycles. The Labute approximate surface area is 177 Å². The average molecular weight is 430 g/mol. The van der Waals surface area contributed by atoms with Crippen LogP contribution in [0, 0.1) is 5.41 Å². The molecule has 2 unspecified atom stereocenters. The van der Waals surface area contributed by atoms with E-state index < -0.39 is 19.2 Å². The van der Waals surface area contributed by atoms with Crippen LogP contribution >= 0.6 is 7.94 Å². The zero-order valence-electron chi connectivity index (χ0n) is 19.5. The highest BCUT2D eigenvalue weighted by Gasteiger charge is 2.58. The van der Waals surface area contributed by atoms with Gasteiger partial charge in [0.15, 0.2) is 5.75 Å². The zero-order chi connectivity index (χ0) is 22.7. The van der Waals surface area contributed by atoms with Gasteiger partial charge in [-0.1, -0.05) is 80.4 Å². The van der Waals surface area contributed by atoms with Crippen molar-refractivity contribution in [1.29, 1.82) is 0 Å². The largest absolute Gasteiger partial charge is 0.482 e. The highest BCUT2D eigenvalue weighted by atomic mass is 31.2. The lowest BCUT2D eigenvalue weighted by Crippen LogP contribution is -2.41. The van der Waals surface area contributed by atoms with Crippen LogP contribution < -0.4 is 4.52 Å². The molecule has 1 rings (SSSR count). The van der Waals surface area contributed by atoms with Crippen LogP contribution in [0.3, 0.4) is 0 Å². The summed E-state index contributed by atoms with van der Waals surface area (Å²) < 4.78 is 5.74. The standard InChI is InChI=1S/C23H42O5P/c1-9-11-14-23(10-2,16-24)20(25)29(26,27)28-19-13-12-17(21(3,4)5)15-18(19)22(6,7)8/h12-13,15,20,24-27H,9-11,14,16H2,1-8H3/q+1. The summed E-state index contributed by atoms with van der Waals surface area (Å²) in [6.45, 7) is 16.0. The van der Waals surface area contributed by atoms with E-state index in [4.69, 9.17) is 4.52 Å². The number of unbranched alkanes of at least 4 members (excludes halogenated alkanes) is 1. The van der Waals surface area contributed by atoms with Gasteiger partial charge < -0.3 is 10.2 Å². The molecule has 0 fully saturated rings. The lowest BCUT2D eigenvalue weighted by atomic mass is 9.80. The minimum absolute atomic E-state index is 0.0584. The smallest absolute Gasteiger partial charge is 0.396 e. The molecule has 0 aliphatic rings. The van der Waals surface area contributed by atoms with Crippen LogP contribution in [0.5, 0.6) is 5.75 Å². The fraction of sp³-hybridized carbons (Fsp3) is 0.739. The van der Waals surface area contributed by atoms with Gasteiger partial charge in [0.1, 0.15) is 0 Å². The number of benzene rings is 1. The van der Waals surface area contributed by atoms with Crippen LogP contribution in [0.4, 0.5) is 0 Å². The van der Waals surface area contributed by atoms with Crippen LogP contribution in [-0.4, -0.2) is 32.5 Å². The molecule has 0 aliphatic carbocycles. The second-order valence-corrected chi connectivity index (χ2v) is 12.1. The highest BCUT2D eigenvalue weighted by molar-refractivity contribution is 7.60. The Hall–Kier alpha value is -0.710. The molecule has 168 valence electrons. The van der Waals surface area contributed by atoms with E-state index in [1.54, 1.807) is 6.07 Å². The fourth-order valence-corrected chi connectivity index (χ4v) is 5.16. The Morgan fingerprint density at radius 1 is 1.00 bits per heavy atom. The third kappa shape index (κ3) is 6.38. The number of aliphatic hydroxyl groups excluding tert-OH is 2. The summed E-state index contributed by atoms with van der Waals surface area (Å²) in [5.74, 6) is -1.19. The quantitative estimate of drug-likeness (QED) is 0.400. The normalized spacial score (nSPS) is 16.4. The molecular weight excluding hydrogens is 387 g/mol. The van der Waals surface area contributed by atoms with Crippen LogP contribution in [0.1, 0.15) is 92.2 Å². The van der Waals surface area contributed by atoms with Gasteiger partial charge in [0, 0.05) is 5.56 Å². The average Bonchev–Trinajstić information content (AvgIpc) is 2.61. The SMILES string of the molecule is CCCCC(CC)(CO)C(O)[P+](O)(O)Oc1ccc(C(C)(C)C)cc1C(C)(C)C. The first-order valence-corrected chi connectivity index (χ1v) is 12.3. The molecule has 0 aliphatic heterocycles. The molecule has 0 bridgehead atoms. The summed E-state index contributed by atoms with van der Waals surface area (Å²) >= 11 is 0. The minimum atomic E-state index is -4.21. The molecule has 0 spiro atoms. The Morgan fingerprint density at radius 3 is 2.00 bits per heavy atom. The third-order valence-electron chi connectivity index (χ3n) is 5.80. The first-order valence-electron chi connectivity index (χ1n) is 10.6. The van der Waals surface area contributed by atoms with Gasteiger partial charge in [0.05, 0.1) is 12.0 Å². The minimum Gasteiger partial charge on any atom is -0.396 e. The summed E-state index contributed by atoms with van der Waals surface area (Å²) in [5, 5.41) is 20.9. The first kappa shape index (κ1) is 26.3. The van der Waals surface area contributed by atoms with Gasteiger partial charge in [-0.2, -0.15) is 9.79 Å². The first-order chi connectivity index (χ1) is 13.1. The maximum atomic E-state index is 10.9. The van der Waals surface area contributed by atoms with Crippen molar-refractivity contribution in [1.82, 2.24) is 0 Å². The number of hydrogen-bond acceptors (Lipinski definition) is 5. The van der Waals surface area contributed by atoms with Crippen molar-refractivity contribution in [2.75, 3.05) is 6.61 Å². The molecule has 0 amide bonds. The van der Waals surface area contributed by atoms with E-state index >= 15 is 0 Å². The monoisotopic (exact) mass is 429 g/mol. The van der Waals surface area contributed by atoms with E-state index in [0.717, 1.165) is 24.0 Å². The molecule has 0 radical (unpaired) electrons. The van der Waals surface area contributed by atoms with Crippen molar-refractivity contribution in [3.63, 3.8) is 0 Å². The second kappa shape index (κ2) is 9.62. The molecule has 29 heavy (non-hydrogen) atoms. The van der Waals surface area contributed by atoms with E-state index in [1.165, 1.54) is 0 Å². The molecule has 4 N–H and O–H groups in total. The van der Waals surface area contributed by atoms with E-state index in [9.17, 15) is 20.0 Å². The van der Waals surface area contributed by atoms with Gasteiger partial charge in [-0.25, -0.2) is 0 Å². The van der Waals surface area contributed by atoms with E-state index in [-0.39, 0.29) is 17.4 Å². The van der Waals surface area contributed by atoms with Crippen molar-refractivity contribution >= 4 is 7.94 Å². The van der Waals surface area contributed by atoms with Crippen LogP contribution in [-0.2, 0) is 10.8 Å². The number of hydrogen-bond donors (Lipinski definition) is 4. The van der Waals surface area contributed by atoms with Crippen molar-refractivity contribution in [2.45, 2.75) is 97.7 Å². The molecule has 5 nitrogen and oxygen atoms in total. The molecule has 1 aromatic carbocycles. The fourth-order valence-electron chi connectivity index (χ4n) is 3.50. The highest BCUT2D eigenvalue weighted by Crippen LogP contribution is 2.62. The molecule has 0 aromatic heterocycles. The van der Waals surface area contributed by atoms with Crippen LogP contribution in [0.2, 0.25) is 0 Å². The van der Waals surface area contributed by atoms with E-state index in [0.29, 0.717) is 18.6 Å². The summed E-state index contributed by atoms with van der Waals surface area (Å²) in [6, 6.07) is 5.72. The molecule has 0 saturated heterocycles. The van der Waals surface area contributed by atoms with Gasteiger partial charge in [0.25, 0.3) is 5.85 Å². The number of rotatable bonds is 9. The number of aliphatic hydroxyl groups is 2. The van der Waals surface area contributed by atoms with Crippen molar-refractivity contribution in [3.8, 4) is 5.75 Å². The van der Waals surface area contributed by atoms with Crippen molar-refractivity contribution < 1.29 is 24.5 Å². The predicted octanol–water partition coefficient (Wildman–Crippen LogP) is 5.30. The molecular formula is C23H42O5P+. The summed E-state index contributed by atoms with van der Waals surface area (Å²) in [4.78, 5) is 21.7. The van der Waals surface area contributed by atoms with Crippen LogP contribution in [0.25, 0.3) is 0 Å². The molecule has 2 atom stereocenters. The van der Waals surface area contributed by atoms with Gasteiger partial charge >= 0.3 is 7.94 Å². The van der Waals surface area contributed by atoms with E-state index in [1.807, 2.05) is 46.8 Å². The maximum absolute atomic E-state index is 10.9. The van der Waals surface area contributed by atoms with Crippen LogP contribution in [0.15, 0.2) is 18.2 Å². The van der Waals surface area contributed by atoms with Gasteiger partial charge in [-0.15, -0.1) is 0 Å². The van der Waals surface area contributed by atoms with Crippen molar-refractivity contribution in [2.24, 2.45) is 5.41 Å². The summed E-state index contributed by atoms with van der Waals surface area (Å²) in [5.41, 5.74) is 0.626. The molecule has 0 heterocycles. The second-order valence-electron chi connectivity index (χ2n) is 10.2. The summed E-state index contributed by atoms with van der Waals surface area (Å²) in [7, 11) is -4.21. The molecule has 6 heteroatoms. The topological polar surface area (TPSA) is 90.2 Å². The maximum Gasteiger partial charge on any atom is 0.482 e. The molecule has 1 aromatic rings. The summed E-state index contributed by atoms with van der Waals surface area (Å²) in [6.07, 6.45) is 2.59. The zero-order valence-corrected chi connectivity index (χ0v) is 20.4. The van der Waals surface area contributed by atoms with Gasteiger partial charge in [0.2, 0.25) is 0 Å².